The van der Waals surface area contributed by atoms with Gasteiger partial charge in [0.2, 0.25) is 5.91 Å². The predicted molar refractivity (Wildman–Crippen MR) is 78.6 cm³/mol. The number of carbonyl (C=O) groups excluding carboxylic acids is 2. The van der Waals surface area contributed by atoms with Gasteiger partial charge in [0.05, 0.1) is 13.6 Å². The van der Waals surface area contributed by atoms with Crippen LogP contribution in [-0.2, 0) is 16.1 Å². The zero-order valence-electron chi connectivity index (χ0n) is 12.1. The van der Waals surface area contributed by atoms with Crippen LogP contribution >= 0.6 is 11.6 Å². The fourth-order valence-corrected chi connectivity index (χ4v) is 1.94. The maximum absolute atomic E-state index is 11.7. The molecule has 6 heteroatoms. The van der Waals surface area contributed by atoms with E-state index in [0.29, 0.717) is 18.1 Å². The molecule has 5 nitrogen and oxygen atoms in total. The van der Waals surface area contributed by atoms with Crippen molar-refractivity contribution < 1.29 is 14.5 Å². The van der Waals surface area contributed by atoms with Gasteiger partial charge in [0.25, 0.3) is 5.91 Å². The molecule has 2 N–H and O–H groups in total. The fourth-order valence-electron chi connectivity index (χ4n) is 1.73. The molecule has 0 fully saturated rings. The number of quaternary nitrogens is 1. The first-order chi connectivity index (χ1) is 9.38. The summed E-state index contributed by atoms with van der Waals surface area (Å²) in [5.74, 6) is -0.259. The number of carbonyl (C=O) groups is 2. The summed E-state index contributed by atoms with van der Waals surface area (Å²) >= 11 is 5.92. The molecule has 1 unspecified atom stereocenters. The standard InChI is InChI=1S/C14H20ClN3O2/c1-17(2)14(20)8-16-13(19)10-18(3)9-11-5-4-6-12(15)7-11/h4-7H,8-10H2,1-3H3,(H,16,19)/p+1. The first-order valence-electron chi connectivity index (χ1n) is 6.41. The van der Waals surface area contributed by atoms with Gasteiger partial charge in [0.15, 0.2) is 6.54 Å². The van der Waals surface area contributed by atoms with E-state index < -0.39 is 0 Å². The fraction of sp³-hybridized carbons (Fsp3) is 0.429. The van der Waals surface area contributed by atoms with E-state index in [1.165, 1.54) is 4.90 Å². The molecule has 1 atom stereocenters. The number of likely N-dealkylation sites (N-methyl/N-ethyl adjacent to an activating group) is 2. The molecule has 0 aliphatic heterocycles. The van der Waals surface area contributed by atoms with Crippen molar-refractivity contribution in [2.24, 2.45) is 0 Å². The molecule has 0 spiro atoms. The van der Waals surface area contributed by atoms with Gasteiger partial charge < -0.3 is 15.1 Å². The second-order valence-corrected chi connectivity index (χ2v) is 5.44. The number of nitrogens with one attached hydrogen (secondary N) is 2. The number of nitrogens with zero attached hydrogens (tertiary/aromatic N) is 1. The molecule has 0 saturated heterocycles. The highest BCUT2D eigenvalue weighted by Gasteiger charge is 2.12. The van der Waals surface area contributed by atoms with Crippen LogP contribution in [0.25, 0.3) is 0 Å². The summed E-state index contributed by atoms with van der Waals surface area (Å²) in [7, 11) is 5.24. The van der Waals surface area contributed by atoms with Crippen LogP contribution in [0.15, 0.2) is 24.3 Å². The van der Waals surface area contributed by atoms with Crippen molar-refractivity contribution in [1.82, 2.24) is 10.2 Å². The lowest BCUT2D eigenvalue weighted by Crippen LogP contribution is -3.08. The molecular weight excluding hydrogens is 278 g/mol. The smallest absolute Gasteiger partial charge is 0.275 e. The lowest BCUT2D eigenvalue weighted by Gasteiger charge is -2.15. The van der Waals surface area contributed by atoms with Crippen LogP contribution in [-0.4, -0.2) is 50.9 Å². The summed E-state index contributed by atoms with van der Waals surface area (Å²) in [5, 5.41) is 3.31. The summed E-state index contributed by atoms with van der Waals surface area (Å²) in [6.45, 7) is 1.05. The Kier molecular flexibility index (Phi) is 6.48. The van der Waals surface area contributed by atoms with Gasteiger partial charge in [-0.15, -0.1) is 0 Å². The minimum absolute atomic E-state index is 0.0380. The first kappa shape index (κ1) is 16.5. The van der Waals surface area contributed by atoms with Crippen LogP contribution in [0.1, 0.15) is 5.56 Å². The molecule has 0 radical (unpaired) electrons. The third-order valence-electron chi connectivity index (χ3n) is 2.79. The normalized spacial score (nSPS) is 11.8. The Balaban J connectivity index is 2.36. The zero-order valence-corrected chi connectivity index (χ0v) is 12.8. The first-order valence-corrected chi connectivity index (χ1v) is 6.79. The molecule has 110 valence electrons. The van der Waals surface area contributed by atoms with Gasteiger partial charge in [-0.1, -0.05) is 23.7 Å². The predicted octanol–water partition coefficient (Wildman–Crippen LogP) is -0.441. The molecule has 1 rings (SSSR count). The second kappa shape index (κ2) is 7.87. The Morgan fingerprint density at radius 1 is 1.35 bits per heavy atom. The van der Waals surface area contributed by atoms with Crippen molar-refractivity contribution in [3.8, 4) is 0 Å². The van der Waals surface area contributed by atoms with Gasteiger partial charge in [-0.25, -0.2) is 0 Å². The Hall–Kier alpha value is -1.59. The Bertz CT molecular complexity index is 477. The third kappa shape index (κ3) is 6.04. The van der Waals surface area contributed by atoms with Crippen LogP contribution in [0.2, 0.25) is 5.02 Å². The van der Waals surface area contributed by atoms with Gasteiger partial charge in [0, 0.05) is 24.7 Å². The van der Waals surface area contributed by atoms with Crippen molar-refractivity contribution in [1.29, 1.82) is 0 Å². The van der Waals surface area contributed by atoms with Crippen LogP contribution in [0, 0.1) is 0 Å². The topological polar surface area (TPSA) is 53.9 Å². The molecular formula is C14H21ClN3O2+. The van der Waals surface area contributed by atoms with Gasteiger partial charge in [-0.2, -0.15) is 0 Å². The Morgan fingerprint density at radius 2 is 2.05 bits per heavy atom. The SMILES string of the molecule is CN(C)C(=O)CNC(=O)C[NH+](C)Cc1cccc(Cl)c1. The van der Waals surface area contributed by atoms with Gasteiger partial charge in [-0.3, -0.25) is 9.59 Å². The molecule has 1 aromatic rings. The minimum Gasteiger partial charge on any atom is -0.347 e. The number of amides is 2. The number of hydrogen-bond donors (Lipinski definition) is 2. The number of hydrogen-bond acceptors (Lipinski definition) is 2. The van der Waals surface area contributed by atoms with Crippen molar-refractivity contribution >= 4 is 23.4 Å². The largest absolute Gasteiger partial charge is 0.347 e. The van der Waals surface area contributed by atoms with Gasteiger partial charge in [0.1, 0.15) is 6.54 Å². The lowest BCUT2D eigenvalue weighted by molar-refractivity contribution is -0.885. The van der Waals surface area contributed by atoms with Gasteiger partial charge >= 0.3 is 0 Å². The van der Waals surface area contributed by atoms with E-state index >= 15 is 0 Å². The van der Waals surface area contributed by atoms with E-state index in [2.05, 4.69) is 5.32 Å². The summed E-state index contributed by atoms with van der Waals surface area (Å²) in [6, 6.07) is 7.57. The zero-order chi connectivity index (χ0) is 15.1. The molecule has 0 aliphatic carbocycles. The molecule has 1 aromatic carbocycles. The maximum Gasteiger partial charge on any atom is 0.275 e. The molecule has 0 aliphatic rings. The number of halogens is 1. The quantitative estimate of drug-likeness (QED) is 0.748. The minimum atomic E-state index is -0.139. The molecule has 2 amide bonds. The number of benzene rings is 1. The molecule has 0 saturated carbocycles. The van der Waals surface area contributed by atoms with Crippen molar-refractivity contribution in [3.63, 3.8) is 0 Å². The van der Waals surface area contributed by atoms with E-state index in [-0.39, 0.29) is 18.4 Å². The highest BCUT2D eigenvalue weighted by atomic mass is 35.5. The molecule has 20 heavy (non-hydrogen) atoms. The third-order valence-corrected chi connectivity index (χ3v) is 3.03. The Labute approximate surface area is 124 Å². The van der Waals surface area contributed by atoms with Crippen LogP contribution in [0.4, 0.5) is 0 Å². The van der Waals surface area contributed by atoms with Crippen molar-refractivity contribution in [2.45, 2.75) is 6.54 Å². The summed E-state index contributed by atoms with van der Waals surface area (Å²) in [6.07, 6.45) is 0. The van der Waals surface area contributed by atoms with Crippen LogP contribution in [0.3, 0.4) is 0 Å². The van der Waals surface area contributed by atoms with Gasteiger partial charge in [-0.05, 0) is 12.1 Å². The molecule has 0 aromatic heterocycles. The maximum atomic E-state index is 11.7. The average Bonchev–Trinajstić information content (AvgIpc) is 2.35. The number of rotatable bonds is 6. The van der Waals surface area contributed by atoms with E-state index in [1.807, 2.05) is 31.3 Å². The monoisotopic (exact) mass is 298 g/mol. The molecule has 0 heterocycles. The summed E-state index contributed by atoms with van der Waals surface area (Å²) < 4.78 is 0. The van der Waals surface area contributed by atoms with Crippen molar-refractivity contribution in [3.05, 3.63) is 34.9 Å². The van der Waals surface area contributed by atoms with Crippen LogP contribution < -0.4 is 10.2 Å². The molecule has 0 bridgehead atoms. The lowest BCUT2D eigenvalue weighted by atomic mass is 10.2. The van der Waals surface area contributed by atoms with E-state index in [4.69, 9.17) is 11.6 Å². The Morgan fingerprint density at radius 3 is 2.65 bits per heavy atom. The second-order valence-electron chi connectivity index (χ2n) is 5.01. The van der Waals surface area contributed by atoms with E-state index in [9.17, 15) is 9.59 Å². The van der Waals surface area contributed by atoms with E-state index in [1.54, 1.807) is 14.1 Å². The summed E-state index contributed by atoms with van der Waals surface area (Å²) in [4.78, 5) is 25.5. The van der Waals surface area contributed by atoms with Crippen molar-refractivity contribution in [2.75, 3.05) is 34.2 Å². The van der Waals surface area contributed by atoms with E-state index in [0.717, 1.165) is 10.5 Å². The average molecular weight is 299 g/mol. The van der Waals surface area contributed by atoms with Crippen LogP contribution in [0.5, 0.6) is 0 Å². The highest BCUT2D eigenvalue weighted by molar-refractivity contribution is 6.30. The summed E-state index contributed by atoms with van der Waals surface area (Å²) in [5.41, 5.74) is 1.08. The highest BCUT2D eigenvalue weighted by Crippen LogP contribution is 2.09.